The van der Waals surface area contributed by atoms with Gasteiger partial charge in [0.2, 0.25) is 0 Å². The molecule has 3 nitrogen and oxygen atoms in total. The molecule has 1 aromatic carbocycles. The average molecular weight is 312 g/mol. The molecule has 16 heavy (non-hydrogen) atoms. The van der Waals surface area contributed by atoms with Crippen LogP contribution in [-0.4, -0.2) is 9.36 Å². The number of nitriles is 1. The fourth-order valence-electron chi connectivity index (χ4n) is 1.07. The van der Waals surface area contributed by atoms with Crippen molar-refractivity contribution in [1.29, 1.82) is 5.26 Å². The lowest BCUT2D eigenvalue weighted by atomic mass is 10.2. The van der Waals surface area contributed by atoms with Gasteiger partial charge in [-0.15, -0.1) is 0 Å². The van der Waals surface area contributed by atoms with Crippen molar-refractivity contribution in [1.82, 2.24) is 9.36 Å². The molecule has 0 saturated carbocycles. The molecule has 1 aromatic heterocycles. The Balaban J connectivity index is 2.26. The SMILES string of the molecule is Cc1nsc(Sc2ccc(C#N)cc2Br)n1. The zero-order chi connectivity index (χ0) is 11.5. The molecule has 0 radical (unpaired) electrons. The van der Waals surface area contributed by atoms with Crippen LogP contribution in [0.2, 0.25) is 0 Å². The monoisotopic (exact) mass is 311 g/mol. The first-order valence-corrected chi connectivity index (χ1v) is 6.75. The lowest BCUT2D eigenvalue weighted by Gasteiger charge is -2.00. The van der Waals surface area contributed by atoms with Gasteiger partial charge in [-0.1, -0.05) is 11.8 Å². The van der Waals surface area contributed by atoms with E-state index in [-0.39, 0.29) is 0 Å². The first-order chi connectivity index (χ1) is 7.69. The Hall–Kier alpha value is -0.900. The van der Waals surface area contributed by atoms with E-state index in [2.05, 4.69) is 31.4 Å². The Morgan fingerprint density at radius 3 is 2.88 bits per heavy atom. The van der Waals surface area contributed by atoms with E-state index in [1.54, 1.807) is 23.9 Å². The van der Waals surface area contributed by atoms with Gasteiger partial charge in [-0.2, -0.15) is 9.64 Å². The van der Waals surface area contributed by atoms with E-state index in [1.807, 2.05) is 13.0 Å². The maximum absolute atomic E-state index is 8.75. The third kappa shape index (κ3) is 2.61. The number of hydrogen-bond donors (Lipinski definition) is 0. The maximum atomic E-state index is 8.75. The standard InChI is InChI=1S/C10H6BrN3S2/c1-6-13-10(16-14-6)15-9-3-2-7(5-12)4-8(9)11/h2-4H,1H3. The number of nitrogens with zero attached hydrogens (tertiary/aromatic N) is 3. The highest BCUT2D eigenvalue weighted by atomic mass is 79.9. The van der Waals surface area contributed by atoms with Crippen molar-refractivity contribution in [2.45, 2.75) is 16.2 Å². The summed E-state index contributed by atoms with van der Waals surface area (Å²) in [6.07, 6.45) is 0. The zero-order valence-corrected chi connectivity index (χ0v) is 11.5. The quantitative estimate of drug-likeness (QED) is 0.849. The number of halogens is 1. The van der Waals surface area contributed by atoms with Gasteiger partial charge >= 0.3 is 0 Å². The molecule has 0 atom stereocenters. The summed E-state index contributed by atoms with van der Waals surface area (Å²) in [7, 11) is 0. The molecule has 80 valence electrons. The van der Waals surface area contributed by atoms with Gasteiger partial charge in [0.1, 0.15) is 5.82 Å². The second kappa shape index (κ2) is 4.95. The van der Waals surface area contributed by atoms with E-state index in [0.717, 1.165) is 19.5 Å². The van der Waals surface area contributed by atoms with Gasteiger partial charge in [-0.25, -0.2) is 4.98 Å². The summed E-state index contributed by atoms with van der Waals surface area (Å²) in [4.78, 5) is 5.31. The third-order valence-corrected chi connectivity index (χ3v) is 4.60. The number of aromatic nitrogens is 2. The molecule has 0 aliphatic rings. The minimum Gasteiger partial charge on any atom is -0.213 e. The second-order valence-corrected chi connectivity index (χ2v) is 5.86. The number of benzene rings is 1. The summed E-state index contributed by atoms with van der Waals surface area (Å²) in [6, 6.07) is 7.60. The van der Waals surface area contributed by atoms with Crippen LogP contribution in [-0.2, 0) is 0 Å². The third-order valence-electron chi connectivity index (χ3n) is 1.77. The highest BCUT2D eigenvalue weighted by Gasteiger charge is 2.07. The molecule has 0 aliphatic heterocycles. The molecule has 2 aromatic rings. The molecule has 1 heterocycles. The molecule has 0 aliphatic carbocycles. The molecule has 0 unspecified atom stereocenters. The summed E-state index contributed by atoms with van der Waals surface area (Å²) in [6.45, 7) is 1.87. The normalized spacial score (nSPS) is 10.1. The number of hydrogen-bond acceptors (Lipinski definition) is 5. The van der Waals surface area contributed by atoms with Gasteiger partial charge in [0.25, 0.3) is 0 Å². The Bertz CT molecular complexity index is 559. The molecule has 0 spiro atoms. The molecular weight excluding hydrogens is 306 g/mol. The van der Waals surface area contributed by atoms with E-state index in [9.17, 15) is 0 Å². The van der Waals surface area contributed by atoms with Gasteiger partial charge in [0.15, 0.2) is 4.34 Å². The van der Waals surface area contributed by atoms with Crippen LogP contribution in [0.15, 0.2) is 31.9 Å². The summed E-state index contributed by atoms with van der Waals surface area (Å²) in [5.74, 6) is 0.789. The lowest BCUT2D eigenvalue weighted by molar-refractivity contribution is 1.10. The minimum absolute atomic E-state index is 0.643. The molecular formula is C10H6BrN3S2. The first kappa shape index (κ1) is 11.6. The summed E-state index contributed by atoms with van der Waals surface area (Å²) in [5, 5.41) is 8.75. The van der Waals surface area contributed by atoms with Gasteiger partial charge in [-0.3, -0.25) is 0 Å². The number of aryl methyl sites for hydroxylation is 1. The van der Waals surface area contributed by atoms with E-state index in [0.29, 0.717) is 5.56 Å². The minimum atomic E-state index is 0.643. The molecule has 0 amide bonds. The topological polar surface area (TPSA) is 49.6 Å². The maximum Gasteiger partial charge on any atom is 0.174 e. The van der Waals surface area contributed by atoms with Gasteiger partial charge < -0.3 is 0 Å². The van der Waals surface area contributed by atoms with Crippen molar-refractivity contribution in [3.63, 3.8) is 0 Å². The Morgan fingerprint density at radius 1 is 1.50 bits per heavy atom. The highest BCUT2D eigenvalue weighted by molar-refractivity contribution is 9.10. The molecule has 0 saturated heterocycles. The summed E-state index contributed by atoms with van der Waals surface area (Å²) < 4.78 is 5.93. The van der Waals surface area contributed by atoms with Crippen LogP contribution in [0.1, 0.15) is 11.4 Å². The predicted octanol–water partition coefficient (Wildman–Crippen LogP) is 3.63. The highest BCUT2D eigenvalue weighted by Crippen LogP contribution is 2.34. The van der Waals surface area contributed by atoms with Crippen molar-refractivity contribution in [3.05, 3.63) is 34.1 Å². The number of rotatable bonds is 2. The van der Waals surface area contributed by atoms with Crippen LogP contribution in [0, 0.1) is 18.3 Å². The van der Waals surface area contributed by atoms with E-state index < -0.39 is 0 Å². The summed E-state index contributed by atoms with van der Waals surface area (Å²) in [5.41, 5.74) is 0.643. The van der Waals surface area contributed by atoms with E-state index in [4.69, 9.17) is 5.26 Å². The second-order valence-electron chi connectivity index (χ2n) is 2.97. The van der Waals surface area contributed by atoms with Crippen molar-refractivity contribution >= 4 is 39.2 Å². The fourth-order valence-corrected chi connectivity index (χ4v) is 3.30. The average Bonchev–Trinajstić information content (AvgIpc) is 2.67. The van der Waals surface area contributed by atoms with Crippen molar-refractivity contribution in [2.24, 2.45) is 0 Å². The molecule has 0 N–H and O–H groups in total. The zero-order valence-electron chi connectivity index (χ0n) is 8.27. The predicted molar refractivity (Wildman–Crippen MR) is 67.6 cm³/mol. The molecule has 0 fully saturated rings. The van der Waals surface area contributed by atoms with Crippen LogP contribution < -0.4 is 0 Å². The molecule has 6 heteroatoms. The van der Waals surface area contributed by atoms with Crippen LogP contribution in [0.25, 0.3) is 0 Å². The fraction of sp³-hybridized carbons (Fsp3) is 0.100. The Kier molecular flexibility index (Phi) is 3.59. The Morgan fingerprint density at radius 2 is 2.31 bits per heavy atom. The van der Waals surface area contributed by atoms with Gasteiger partial charge in [0.05, 0.1) is 11.6 Å². The van der Waals surface area contributed by atoms with E-state index >= 15 is 0 Å². The van der Waals surface area contributed by atoms with Crippen molar-refractivity contribution in [2.75, 3.05) is 0 Å². The Labute approximate surface area is 110 Å². The van der Waals surface area contributed by atoms with Crippen LogP contribution in [0.5, 0.6) is 0 Å². The molecule has 2 rings (SSSR count). The first-order valence-electron chi connectivity index (χ1n) is 4.37. The van der Waals surface area contributed by atoms with Crippen molar-refractivity contribution in [3.8, 4) is 6.07 Å². The molecule has 0 bridgehead atoms. The van der Waals surface area contributed by atoms with Gasteiger partial charge in [0, 0.05) is 9.37 Å². The lowest BCUT2D eigenvalue weighted by Crippen LogP contribution is -1.79. The van der Waals surface area contributed by atoms with Crippen LogP contribution >= 0.6 is 39.2 Å². The van der Waals surface area contributed by atoms with Crippen LogP contribution in [0.4, 0.5) is 0 Å². The van der Waals surface area contributed by atoms with Crippen molar-refractivity contribution < 1.29 is 0 Å². The van der Waals surface area contributed by atoms with Crippen LogP contribution in [0.3, 0.4) is 0 Å². The summed E-state index contributed by atoms with van der Waals surface area (Å²) >= 11 is 6.36. The van der Waals surface area contributed by atoms with Gasteiger partial charge in [-0.05, 0) is 52.6 Å². The smallest absolute Gasteiger partial charge is 0.174 e. The van der Waals surface area contributed by atoms with E-state index in [1.165, 1.54) is 11.5 Å². The largest absolute Gasteiger partial charge is 0.213 e.